The second-order valence-electron chi connectivity index (χ2n) is 6.90. The number of ether oxygens (including phenoxy) is 1. The quantitative estimate of drug-likeness (QED) is 0.649. The topological polar surface area (TPSA) is 81.4 Å². The van der Waals surface area contributed by atoms with Crippen LogP contribution >= 0.6 is 11.3 Å². The molecule has 28 heavy (non-hydrogen) atoms. The van der Waals surface area contributed by atoms with Crippen LogP contribution in [0.4, 0.5) is 0 Å². The van der Waals surface area contributed by atoms with Crippen molar-refractivity contribution in [3.63, 3.8) is 0 Å². The first-order chi connectivity index (χ1) is 13.5. The van der Waals surface area contributed by atoms with Crippen molar-refractivity contribution in [3.05, 3.63) is 82.7 Å². The molecule has 1 aliphatic heterocycles. The van der Waals surface area contributed by atoms with E-state index in [-0.39, 0.29) is 18.5 Å². The van der Waals surface area contributed by atoms with Crippen LogP contribution < -0.4 is 15.2 Å². The molecule has 2 unspecified atom stereocenters. The van der Waals surface area contributed by atoms with Crippen LogP contribution in [0.15, 0.2) is 70.3 Å². The first kappa shape index (κ1) is 19.1. The number of benzene rings is 2. The minimum absolute atomic E-state index is 0.106. The molecule has 3 aromatic rings. The van der Waals surface area contributed by atoms with E-state index in [9.17, 15) is 8.42 Å². The molecule has 0 fully saturated rings. The Bertz CT molecular complexity index is 1030. The van der Waals surface area contributed by atoms with E-state index in [1.165, 1.54) is 16.9 Å². The van der Waals surface area contributed by atoms with Crippen molar-refractivity contribution < 1.29 is 13.2 Å². The van der Waals surface area contributed by atoms with E-state index in [1.54, 1.807) is 17.5 Å². The summed E-state index contributed by atoms with van der Waals surface area (Å²) in [5.74, 6) is 0.951. The Balaban J connectivity index is 1.56. The second-order valence-corrected chi connectivity index (χ2v) is 9.84. The number of sulfonamides is 1. The molecule has 0 saturated carbocycles. The molecule has 1 aromatic heterocycles. The molecule has 7 heteroatoms. The number of nitrogens with two attached hydrogens (primary N) is 1. The lowest BCUT2D eigenvalue weighted by Crippen LogP contribution is -2.39. The average molecular weight is 415 g/mol. The van der Waals surface area contributed by atoms with Crippen molar-refractivity contribution in [1.29, 1.82) is 0 Å². The summed E-state index contributed by atoms with van der Waals surface area (Å²) in [7, 11) is -3.50. The monoisotopic (exact) mass is 414 g/mol. The van der Waals surface area contributed by atoms with E-state index in [0.717, 1.165) is 23.3 Å². The van der Waals surface area contributed by atoms with Gasteiger partial charge in [0.25, 0.3) is 0 Å². The van der Waals surface area contributed by atoms with Crippen LogP contribution in [0, 0.1) is 0 Å². The maximum Gasteiger partial charge on any atom is 0.250 e. The number of hydrogen-bond acceptors (Lipinski definition) is 5. The molecule has 2 atom stereocenters. The standard InChI is InChI=1S/C21H22N2O3S2/c22-19-14-26-20-9-8-16(13-23-28(24,25)21-7-4-10-27-21)12-18(20)17(19)11-15-5-2-1-3-6-15/h1-10,12,17,19,23H,11,13-14,22H2. The van der Waals surface area contributed by atoms with Crippen molar-refractivity contribution in [2.75, 3.05) is 6.61 Å². The lowest BCUT2D eigenvalue weighted by Gasteiger charge is -2.32. The number of nitrogens with one attached hydrogen (secondary N) is 1. The van der Waals surface area contributed by atoms with Crippen molar-refractivity contribution in [3.8, 4) is 5.75 Å². The molecule has 0 aliphatic carbocycles. The van der Waals surface area contributed by atoms with Crippen LogP contribution in [0.1, 0.15) is 22.6 Å². The summed E-state index contributed by atoms with van der Waals surface area (Å²) < 4.78 is 33.5. The van der Waals surface area contributed by atoms with E-state index in [2.05, 4.69) is 16.9 Å². The molecule has 2 aromatic carbocycles. The highest BCUT2D eigenvalue weighted by molar-refractivity contribution is 7.91. The third kappa shape index (κ3) is 4.12. The highest BCUT2D eigenvalue weighted by atomic mass is 32.2. The number of fused-ring (bicyclic) bond motifs is 1. The van der Waals surface area contributed by atoms with E-state index >= 15 is 0 Å². The molecular formula is C21H22N2O3S2. The van der Waals surface area contributed by atoms with Crippen LogP contribution in [0.5, 0.6) is 5.75 Å². The minimum atomic E-state index is -3.50. The lowest BCUT2D eigenvalue weighted by atomic mass is 9.84. The van der Waals surface area contributed by atoms with Gasteiger partial charge in [0.1, 0.15) is 16.6 Å². The summed E-state index contributed by atoms with van der Waals surface area (Å²) in [6, 6.07) is 19.3. The maximum atomic E-state index is 12.4. The molecule has 0 radical (unpaired) electrons. The summed E-state index contributed by atoms with van der Waals surface area (Å²) >= 11 is 1.20. The van der Waals surface area contributed by atoms with E-state index in [4.69, 9.17) is 10.5 Å². The van der Waals surface area contributed by atoms with Crippen LogP contribution in [0.2, 0.25) is 0 Å². The molecule has 1 aliphatic rings. The fraction of sp³-hybridized carbons (Fsp3) is 0.238. The van der Waals surface area contributed by atoms with Gasteiger partial charge < -0.3 is 10.5 Å². The van der Waals surface area contributed by atoms with Gasteiger partial charge in [-0.25, -0.2) is 13.1 Å². The normalized spacial score (nSPS) is 19.0. The average Bonchev–Trinajstić information content (AvgIpc) is 3.25. The maximum absolute atomic E-state index is 12.4. The van der Waals surface area contributed by atoms with Gasteiger partial charge in [0, 0.05) is 18.5 Å². The molecule has 4 rings (SSSR count). The molecule has 2 heterocycles. The van der Waals surface area contributed by atoms with Gasteiger partial charge >= 0.3 is 0 Å². The Hall–Kier alpha value is -2.19. The van der Waals surface area contributed by atoms with Gasteiger partial charge in [-0.05, 0) is 40.6 Å². The number of hydrogen-bond donors (Lipinski definition) is 2. The zero-order chi connectivity index (χ0) is 19.6. The van der Waals surface area contributed by atoms with Gasteiger partial charge in [0.15, 0.2) is 0 Å². The van der Waals surface area contributed by atoms with Crippen LogP contribution in [0.3, 0.4) is 0 Å². The summed E-state index contributed by atoms with van der Waals surface area (Å²) in [6.07, 6.45) is 0.822. The van der Waals surface area contributed by atoms with Crippen molar-refractivity contribution in [2.45, 2.75) is 29.1 Å². The minimum Gasteiger partial charge on any atom is -0.492 e. The molecular weight excluding hydrogens is 392 g/mol. The first-order valence-corrected chi connectivity index (χ1v) is 11.5. The zero-order valence-electron chi connectivity index (χ0n) is 15.2. The Kier molecular flexibility index (Phi) is 5.50. The Morgan fingerprint density at radius 3 is 2.64 bits per heavy atom. The van der Waals surface area contributed by atoms with Gasteiger partial charge in [0.05, 0.1) is 0 Å². The predicted molar refractivity (Wildman–Crippen MR) is 111 cm³/mol. The van der Waals surface area contributed by atoms with Crippen LogP contribution in [0.25, 0.3) is 0 Å². The smallest absolute Gasteiger partial charge is 0.250 e. The van der Waals surface area contributed by atoms with Gasteiger partial charge in [-0.3, -0.25) is 0 Å². The number of thiophene rings is 1. The summed E-state index contributed by atoms with van der Waals surface area (Å²) in [5.41, 5.74) is 9.51. The zero-order valence-corrected chi connectivity index (χ0v) is 16.9. The summed E-state index contributed by atoms with van der Waals surface area (Å²) in [6.45, 7) is 0.704. The number of rotatable bonds is 6. The van der Waals surface area contributed by atoms with Crippen molar-refractivity contribution >= 4 is 21.4 Å². The molecule has 0 amide bonds. The fourth-order valence-electron chi connectivity index (χ4n) is 3.46. The Morgan fingerprint density at radius 2 is 1.89 bits per heavy atom. The van der Waals surface area contributed by atoms with E-state index in [0.29, 0.717) is 10.8 Å². The van der Waals surface area contributed by atoms with Crippen molar-refractivity contribution in [1.82, 2.24) is 4.72 Å². The fourth-order valence-corrected chi connectivity index (χ4v) is 5.51. The third-order valence-electron chi connectivity index (χ3n) is 4.95. The Morgan fingerprint density at radius 1 is 1.07 bits per heavy atom. The molecule has 3 N–H and O–H groups in total. The van der Waals surface area contributed by atoms with Crippen LogP contribution in [-0.4, -0.2) is 21.1 Å². The van der Waals surface area contributed by atoms with Gasteiger partial charge in [0.2, 0.25) is 10.0 Å². The summed E-state index contributed by atoms with van der Waals surface area (Å²) in [5, 5.41) is 1.75. The first-order valence-electron chi connectivity index (χ1n) is 9.11. The highest BCUT2D eigenvalue weighted by Gasteiger charge is 2.29. The molecule has 0 saturated heterocycles. The van der Waals surface area contributed by atoms with Gasteiger partial charge in [-0.2, -0.15) is 0 Å². The van der Waals surface area contributed by atoms with Gasteiger partial charge in [-0.15, -0.1) is 11.3 Å². The van der Waals surface area contributed by atoms with Gasteiger partial charge in [-0.1, -0.05) is 48.5 Å². The van der Waals surface area contributed by atoms with Crippen LogP contribution in [-0.2, 0) is 23.0 Å². The highest BCUT2D eigenvalue weighted by Crippen LogP contribution is 2.36. The van der Waals surface area contributed by atoms with Crippen molar-refractivity contribution in [2.24, 2.45) is 5.73 Å². The second kappa shape index (κ2) is 8.05. The SMILES string of the molecule is NC1COc2ccc(CNS(=O)(=O)c3cccs3)cc2C1Cc1ccccc1. The summed E-state index contributed by atoms with van der Waals surface area (Å²) in [4.78, 5) is 0. The molecule has 146 valence electrons. The Labute approximate surface area is 169 Å². The predicted octanol–water partition coefficient (Wildman–Crippen LogP) is 3.27. The molecule has 0 bridgehead atoms. The molecule has 5 nitrogen and oxygen atoms in total. The lowest BCUT2D eigenvalue weighted by molar-refractivity contribution is 0.238. The molecule has 0 spiro atoms. The largest absolute Gasteiger partial charge is 0.492 e. The van der Waals surface area contributed by atoms with E-state index in [1.807, 2.05) is 36.4 Å². The van der Waals surface area contributed by atoms with E-state index < -0.39 is 10.0 Å². The third-order valence-corrected chi connectivity index (χ3v) is 7.75.